The predicted octanol–water partition coefficient (Wildman–Crippen LogP) is 5.89. The molecule has 1 fully saturated rings. The normalized spacial score (nSPS) is 16.2. The highest BCUT2D eigenvalue weighted by molar-refractivity contribution is 5.97. The highest BCUT2D eigenvalue weighted by atomic mass is 19.1. The molecule has 4 nitrogen and oxygen atoms in total. The number of carbonyl (C=O) groups excluding carboxylic acids is 2. The lowest BCUT2D eigenvalue weighted by atomic mass is 10.1. The summed E-state index contributed by atoms with van der Waals surface area (Å²) in [4.78, 5) is 26.6. The van der Waals surface area contributed by atoms with E-state index in [-0.39, 0.29) is 17.7 Å². The summed E-state index contributed by atoms with van der Waals surface area (Å²) in [5.41, 5.74) is 0.404. The maximum absolute atomic E-state index is 13.1. The van der Waals surface area contributed by atoms with E-state index in [1.807, 2.05) is 0 Å². The number of nitrogens with zero attached hydrogens (tertiary/aromatic N) is 1. The summed E-state index contributed by atoms with van der Waals surface area (Å²) < 4.78 is 18.5. The van der Waals surface area contributed by atoms with Gasteiger partial charge in [0.1, 0.15) is 11.9 Å². The van der Waals surface area contributed by atoms with Gasteiger partial charge in [0.2, 0.25) is 0 Å². The second kappa shape index (κ2) is 13.3. The third kappa shape index (κ3) is 8.15. The zero-order chi connectivity index (χ0) is 20.9. The first-order valence-electron chi connectivity index (χ1n) is 11.4. The molecule has 1 amide bonds. The van der Waals surface area contributed by atoms with Crippen molar-refractivity contribution in [2.24, 2.45) is 0 Å². The average molecular weight is 406 g/mol. The highest BCUT2D eigenvalue weighted by Crippen LogP contribution is 2.22. The Labute approximate surface area is 174 Å². The van der Waals surface area contributed by atoms with E-state index in [9.17, 15) is 14.0 Å². The van der Waals surface area contributed by atoms with Gasteiger partial charge in [0.25, 0.3) is 5.91 Å². The summed E-state index contributed by atoms with van der Waals surface area (Å²) in [7, 11) is 0. The molecule has 1 aromatic rings. The maximum Gasteiger partial charge on any atom is 0.328 e. The van der Waals surface area contributed by atoms with Gasteiger partial charge in [-0.05, 0) is 43.5 Å². The molecule has 0 radical (unpaired) electrons. The number of amides is 1. The van der Waals surface area contributed by atoms with Crippen molar-refractivity contribution in [3.8, 4) is 0 Å². The Morgan fingerprint density at radius 3 is 2.17 bits per heavy atom. The van der Waals surface area contributed by atoms with Crippen LogP contribution in [0.25, 0.3) is 0 Å². The molecule has 0 saturated carbocycles. The van der Waals surface area contributed by atoms with Crippen molar-refractivity contribution < 1.29 is 18.7 Å². The maximum atomic E-state index is 13.1. The van der Waals surface area contributed by atoms with Crippen LogP contribution in [0.5, 0.6) is 0 Å². The zero-order valence-corrected chi connectivity index (χ0v) is 17.8. The lowest BCUT2D eigenvalue weighted by Gasteiger charge is -2.23. The average Bonchev–Trinajstić information content (AvgIpc) is 3.22. The van der Waals surface area contributed by atoms with Gasteiger partial charge in [-0.2, -0.15) is 0 Å². The topological polar surface area (TPSA) is 46.6 Å². The van der Waals surface area contributed by atoms with Crippen LogP contribution < -0.4 is 0 Å². The molecule has 2 rings (SSSR count). The second-order valence-electron chi connectivity index (χ2n) is 8.01. The van der Waals surface area contributed by atoms with E-state index in [1.165, 1.54) is 75.6 Å². The SMILES string of the molecule is CCCCCCCCCCCCOC(=O)C1CCCN1C(=O)c1ccc(F)cc1. The number of esters is 1. The van der Waals surface area contributed by atoms with Crippen LogP contribution in [-0.2, 0) is 9.53 Å². The van der Waals surface area contributed by atoms with Gasteiger partial charge in [-0.1, -0.05) is 64.7 Å². The Kier molecular flexibility index (Phi) is 10.7. The fourth-order valence-electron chi connectivity index (χ4n) is 3.87. The Morgan fingerprint density at radius 2 is 1.55 bits per heavy atom. The molecule has 1 aliphatic heterocycles. The molecule has 1 atom stereocenters. The van der Waals surface area contributed by atoms with E-state index in [4.69, 9.17) is 4.74 Å². The molecule has 0 spiro atoms. The molecule has 0 N–H and O–H groups in total. The number of hydrogen-bond donors (Lipinski definition) is 0. The molecular weight excluding hydrogens is 369 g/mol. The van der Waals surface area contributed by atoms with Crippen molar-refractivity contribution in [2.75, 3.05) is 13.2 Å². The molecular formula is C24H36FNO3. The van der Waals surface area contributed by atoms with Crippen LogP contribution >= 0.6 is 0 Å². The number of unbranched alkanes of at least 4 members (excludes halogenated alkanes) is 9. The minimum Gasteiger partial charge on any atom is -0.464 e. The van der Waals surface area contributed by atoms with Crippen molar-refractivity contribution in [1.82, 2.24) is 4.90 Å². The third-order valence-corrected chi connectivity index (χ3v) is 5.62. The predicted molar refractivity (Wildman–Crippen MR) is 113 cm³/mol. The molecule has 1 aromatic carbocycles. The Balaban J connectivity index is 1.60. The Bertz CT molecular complexity index is 617. The first kappa shape index (κ1) is 23.4. The zero-order valence-electron chi connectivity index (χ0n) is 17.8. The van der Waals surface area contributed by atoms with Gasteiger partial charge in [0.05, 0.1) is 6.61 Å². The Hall–Kier alpha value is -1.91. The van der Waals surface area contributed by atoms with E-state index in [0.29, 0.717) is 25.1 Å². The number of likely N-dealkylation sites (tertiary alicyclic amines) is 1. The minimum atomic E-state index is -0.518. The van der Waals surface area contributed by atoms with Crippen molar-refractivity contribution in [1.29, 1.82) is 0 Å². The van der Waals surface area contributed by atoms with Gasteiger partial charge in [-0.15, -0.1) is 0 Å². The summed E-state index contributed by atoms with van der Waals surface area (Å²) in [6.45, 7) is 3.19. The van der Waals surface area contributed by atoms with Crippen molar-refractivity contribution >= 4 is 11.9 Å². The largest absolute Gasteiger partial charge is 0.464 e. The first-order valence-corrected chi connectivity index (χ1v) is 11.4. The molecule has 162 valence electrons. The molecule has 29 heavy (non-hydrogen) atoms. The molecule has 1 saturated heterocycles. The number of carbonyl (C=O) groups is 2. The molecule has 1 heterocycles. The molecule has 1 unspecified atom stereocenters. The van der Waals surface area contributed by atoms with Crippen LogP contribution in [-0.4, -0.2) is 36.0 Å². The van der Waals surface area contributed by atoms with Crippen LogP contribution in [0, 0.1) is 5.82 Å². The monoisotopic (exact) mass is 405 g/mol. The molecule has 0 aromatic heterocycles. The number of halogens is 1. The third-order valence-electron chi connectivity index (χ3n) is 5.62. The summed E-state index contributed by atoms with van der Waals surface area (Å²) in [6, 6.07) is 4.93. The van der Waals surface area contributed by atoms with E-state index in [2.05, 4.69) is 6.92 Å². The summed E-state index contributed by atoms with van der Waals surface area (Å²) >= 11 is 0. The lowest BCUT2D eigenvalue weighted by Crippen LogP contribution is -2.41. The van der Waals surface area contributed by atoms with Gasteiger partial charge in [0, 0.05) is 12.1 Å². The summed E-state index contributed by atoms with van der Waals surface area (Å²) in [5.74, 6) is -0.923. The lowest BCUT2D eigenvalue weighted by molar-refractivity contribution is -0.148. The van der Waals surface area contributed by atoms with Gasteiger partial charge < -0.3 is 9.64 Å². The van der Waals surface area contributed by atoms with E-state index >= 15 is 0 Å². The summed E-state index contributed by atoms with van der Waals surface area (Å²) in [6.07, 6.45) is 13.8. The number of rotatable bonds is 13. The van der Waals surface area contributed by atoms with Gasteiger partial charge in [-0.3, -0.25) is 4.79 Å². The van der Waals surface area contributed by atoms with Crippen molar-refractivity contribution in [3.05, 3.63) is 35.6 Å². The number of ether oxygens (including phenoxy) is 1. The smallest absolute Gasteiger partial charge is 0.328 e. The van der Waals surface area contributed by atoms with Crippen LogP contribution in [0.2, 0.25) is 0 Å². The minimum absolute atomic E-state index is 0.233. The molecule has 0 bridgehead atoms. The highest BCUT2D eigenvalue weighted by Gasteiger charge is 2.35. The quantitative estimate of drug-likeness (QED) is 0.303. The standard InChI is InChI=1S/C24H36FNO3/c1-2-3-4-5-6-7-8-9-10-11-19-29-24(28)22-13-12-18-26(22)23(27)20-14-16-21(25)17-15-20/h14-17,22H,2-13,18-19H2,1H3. The van der Waals surface area contributed by atoms with Crippen LogP contribution in [0.1, 0.15) is 94.3 Å². The second-order valence-corrected chi connectivity index (χ2v) is 8.01. The van der Waals surface area contributed by atoms with Crippen molar-refractivity contribution in [2.45, 2.75) is 90.0 Å². The van der Waals surface area contributed by atoms with E-state index in [0.717, 1.165) is 19.3 Å². The Morgan fingerprint density at radius 1 is 0.966 bits per heavy atom. The van der Waals surface area contributed by atoms with Gasteiger partial charge in [0.15, 0.2) is 0 Å². The fourth-order valence-corrected chi connectivity index (χ4v) is 3.87. The van der Waals surface area contributed by atoms with E-state index in [1.54, 1.807) is 4.90 Å². The summed E-state index contributed by atoms with van der Waals surface area (Å²) in [5, 5.41) is 0. The molecule has 1 aliphatic rings. The molecule has 0 aliphatic carbocycles. The fraction of sp³-hybridized carbons (Fsp3) is 0.667. The van der Waals surface area contributed by atoms with Crippen LogP contribution in [0.15, 0.2) is 24.3 Å². The number of benzene rings is 1. The van der Waals surface area contributed by atoms with Crippen LogP contribution in [0.4, 0.5) is 4.39 Å². The van der Waals surface area contributed by atoms with Crippen molar-refractivity contribution in [3.63, 3.8) is 0 Å². The van der Waals surface area contributed by atoms with E-state index < -0.39 is 6.04 Å². The number of hydrogen-bond acceptors (Lipinski definition) is 3. The van der Waals surface area contributed by atoms with Gasteiger partial charge in [-0.25, -0.2) is 9.18 Å². The van der Waals surface area contributed by atoms with Gasteiger partial charge >= 0.3 is 5.97 Å². The van der Waals surface area contributed by atoms with Crippen LogP contribution in [0.3, 0.4) is 0 Å². The molecule has 5 heteroatoms. The first-order chi connectivity index (χ1) is 14.1.